The number of fused-ring (bicyclic) bond motifs is 1. The van der Waals surface area contributed by atoms with E-state index in [4.69, 9.17) is 4.42 Å². The van der Waals surface area contributed by atoms with Gasteiger partial charge in [-0.3, -0.25) is 0 Å². The second kappa shape index (κ2) is 3.56. The highest BCUT2D eigenvalue weighted by Crippen LogP contribution is 2.32. The molecule has 3 rings (SSSR count). The zero-order valence-electron chi connectivity index (χ0n) is 9.10. The first kappa shape index (κ1) is 9.27. The van der Waals surface area contributed by atoms with Gasteiger partial charge >= 0.3 is 0 Å². The maximum absolute atomic E-state index is 5.30. The van der Waals surface area contributed by atoms with Gasteiger partial charge in [0.15, 0.2) is 0 Å². The van der Waals surface area contributed by atoms with Crippen LogP contribution in [0.4, 0.5) is 11.4 Å². The second-order valence-corrected chi connectivity index (χ2v) is 3.92. The molecule has 0 saturated heterocycles. The van der Waals surface area contributed by atoms with Gasteiger partial charge in [0.25, 0.3) is 0 Å². The Morgan fingerprint density at radius 3 is 3.19 bits per heavy atom. The van der Waals surface area contributed by atoms with Gasteiger partial charge in [0.05, 0.1) is 17.6 Å². The highest BCUT2D eigenvalue weighted by molar-refractivity contribution is 5.77. The quantitative estimate of drug-likeness (QED) is 0.791. The lowest BCUT2D eigenvalue weighted by Gasteiger charge is -2.28. The summed E-state index contributed by atoms with van der Waals surface area (Å²) in [5.74, 6) is 0.668. The minimum atomic E-state index is 0.668. The molecule has 82 valence electrons. The fraction of sp³-hybridized carbons (Fsp3) is 0.250. The third-order valence-corrected chi connectivity index (χ3v) is 2.85. The Morgan fingerprint density at radius 2 is 2.38 bits per heavy atom. The summed E-state index contributed by atoms with van der Waals surface area (Å²) in [4.78, 5) is 6.39. The van der Waals surface area contributed by atoms with Crippen LogP contribution in [0.3, 0.4) is 0 Å². The Kier molecular flexibility index (Phi) is 2.06. The van der Waals surface area contributed by atoms with Gasteiger partial charge in [-0.25, -0.2) is 4.98 Å². The molecule has 1 aromatic heterocycles. The first-order chi connectivity index (χ1) is 7.84. The summed E-state index contributed by atoms with van der Waals surface area (Å²) in [6, 6.07) is 6.20. The van der Waals surface area contributed by atoms with E-state index < -0.39 is 0 Å². The zero-order valence-corrected chi connectivity index (χ0v) is 9.10. The van der Waals surface area contributed by atoms with E-state index in [0.29, 0.717) is 5.89 Å². The van der Waals surface area contributed by atoms with E-state index in [9.17, 15) is 0 Å². The molecular formula is C12H13N3O. The van der Waals surface area contributed by atoms with Crippen LogP contribution in [0, 0.1) is 0 Å². The molecule has 1 aromatic carbocycles. The van der Waals surface area contributed by atoms with Crippen molar-refractivity contribution in [2.75, 3.05) is 30.4 Å². The number of hydrogen-bond donors (Lipinski definition) is 1. The molecule has 0 aliphatic carbocycles. The zero-order chi connectivity index (χ0) is 11.0. The number of nitrogens with one attached hydrogen (secondary N) is 1. The fourth-order valence-corrected chi connectivity index (χ4v) is 1.97. The molecular weight excluding hydrogens is 202 g/mol. The van der Waals surface area contributed by atoms with E-state index in [-0.39, 0.29) is 0 Å². The summed E-state index contributed by atoms with van der Waals surface area (Å²) in [7, 11) is 2.10. The summed E-state index contributed by atoms with van der Waals surface area (Å²) >= 11 is 0. The van der Waals surface area contributed by atoms with Crippen LogP contribution in [0.5, 0.6) is 0 Å². The summed E-state index contributed by atoms with van der Waals surface area (Å²) < 4.78 is 5.30. The van der Waals surface area contributed by atoms with Crippen LogP contribution in [-0.2, 0) is 0 Å². The molecule has 16 heavy (non-hydrogen) atoms. The molecule has 2 aromatic rings. The van der Waals surface area contributed by atoms with E-state index >= 15 is 0 Å². The van der Waals surface area contributed by atoms with E-state index in [2.05, 4.69) is 34.4 Å². The number of likely N-dealkylation sites (N-methyl/N-ethyl adjacent to an activating group) is 1. The topological polar surface area (TPSA) is 41.3 Å². The minimum absolute atomic E-state index is 0.668. The molecule has 0 amide bonds. The number of aromatic nitrogens is 1. The molecule has 0 unspecified atom stereocenters. The third-order valence-electron chi connectivity index (χ3n) is 2.85. The number of oxazole rings is 1. The number of hydrogen-bond acceptors (Lipinski definition) is 4. The van der Waals surface area contributed by atoms with Crippen molar-refractivity contribution in [3.63, 3.8) is 0 Å². The van der Waals surface area contributed by atoms with Gasteiger partial charge in [-0.1, -0.05) is 0 Å². The first-order valence-electron chi connectivity index (χ1n) is 5.33. The summed E-state index contributed by atoms with van der Waals surface area (Å²) in [6.45, 7) is 2.00. The molecule has 0 saturated carbocycles. The van der Waals surface area contributed by atoms with Gasteiger partial charge in [0, 0.05) is 25.7 Å². The highest BCUT2D eigenvalue weighted by Gasteiger charge is 2.14. The van der Waals surface area contributed by atoms with Gasteiger partial charge in [-0.2, -0.15) is 0 Å². The van der Waals surface area contributed by atoms with Gasteiger partial charge in [-0.05, 0) is 18.2 Å². The first-order valence-corrected chi connectivity index (χ1v) is 5.33. The van der Waals surface area contributed by atoms with Crippen LogP contribution in [0.25, 0.3) is 11.5 Å². The number of rotatable bonds is 1. The van der Waals surface area contributed by atoms with Crippen LogP contribution in [0.1, 0.15) is 0 Å². The van der Waals surface area contributed by atoms with Crippen LogP contribution < -0.4 is 10.2 Å². The van der Waals surface area contributed by atoms with Crippen LogP contribution in [-0.4, -0.2) is 25.1 Å². The fourth-order valence-electron chi connectivity index (χ4n) is 1.97. The van der Waals surface area contributed by atoms with Crippen LogP contribution >= 0.6 is 0 Å². The molecule has 1 N–H and O–H groups in total. The Hall–Kier alpha value is -1.97. The van der Waals surface area contributed by atoms with Crippen LogP contribution in [0.15, 0.2) is 35.1 Å². The van der Waals surface area contributed by atoms with Crippen molar-refractivity contribution in [2.24, 2.45) is 0 Å². The van der Waals surface area contributed by atoms with Crippen molar-refractivity contribution in [3.8, 4) is 11.5 Å². The molecule has 2 heterocycles. The van der Waals surface area contributed by atoms with Crippen molar-refractivity contribution >= 4 is 11.4 Å². The lowest BCUT2D eigenvalue weighted by molar-refractivity contribution is 0.574. The summed E-state index contributed by atoms with van der Waals surface area (Å²) in [5, 5.41) is 3.37. The van der Waals surface area contributed by atoms with Gasteiger partial charge in [-0.15, -0.1) is 0 Å². The summed E-state index contributed by atoms with van der Waals surface area (Å²) in [6.07, 6.45) is 3.26. The molecule has 0 bridgehead atoms. The Morgan fingerprint density at radius 1 is 1.44 bits per heavy atom. The predicted molar refractivity (Wildman–Crippen MR) is 63.7 cm³/mol. The lowest BCUT2D eigenvalue weighted by atomic mass is 10.1. The number of benzene rings is 1. The predicted octanol–water partition coefficient (Wildman–Crippen LogP) is 2.20. The smallest absolute Gasteiger partial charge is 0.225 e. The van der Waals surface area contributed by atoms with Crippen molar-refractivity contribution < 1.29 is 4.42 Å². The second-order valence-electron chi connectivity index (χ2n) is 3.92. The highest BCUT2D eigenvalue weighted by atomic mass is 16.3. The SMILES string of the molecule is CN1CCNc2ccc(-c3ncco3)cc21. The van der Waals surface area contributed by atoms with Crippen molar-refractivity contribution in [1.29, 1.82) is 0 Å². The average Bonchev–Trinajstić information content (AvgIpc) is 2.83. The normalized spacial score (nSPS) is 14.4. The van der Waals surface area contributed by atoms with Gasteiger partial charge in [0.1, 0.15) is 6.26 Å². The molecule has 4 heteroatoms. The van der Waals surface area contributed by atoms with E-state index in [0.717, 1.165) is 18.7 Å². The number of anilines is 2. The van der Waals surface area contributed by atoms with E-state index in [1.165, 1.54) is 11.4 Å². The Balaban J connectivity index is 2.07. The maximum atomic E-state index is 5.30. The van der Waals surface area contributed by atoms with E-state index in [1.807, 2.05) is 6.07 Å². The van der Waals surface area contributed by atoms with E-state index in [1.54, 1.807) is 12.5 Å². The van der Waals surface area contributed by atoms with Crippen LogP contribution in [0.2, 0.25) is 0 Å². The molecule has 0 radical (unpaired) electrons. The largest absolute Gasteiger partial charge is 0.445 e. The van der Waals surface area contributed by atoms with Crippen molar-refractivity contribution in [3.05, 3.63) is 30.7 Å². The molecule has 4 nitrogen and oxygen atoms in total. The molecule has 0 spiro atoms. The summed E-state index contributed by atoms with van der Waals surface area (Å²) in [5.41, 5.74) is 3.38. The molecule has 0 atom stereocenters. The van der Waals surface area contributed by atoms with Crippen molar-refractivity contribution in [2.45, 2.75) is 0 Å². The molecule has 1 aliphatic heterocycles. The Bertz CT molecular complexity index is 493. The van der Waals surface area contributed by atoms with Gasteiger partial charge in [0.2, 0.25) is 5.89 Å². The Labute approximate surface area is 93.9 Å². The monoisotopic (exact) mass is 215 g/mol. The van der Waals surface area contributed by atoms with Gasteiger partial charge < -0.3 is 14.6 Å². The number of nitrogens with zero attached hydrogens (tertiary/aromatic N) is 2. The molecule has 0 fully saturated rings. The third kappa shape index (κ3) is 1.43. The minimum Gasteiger partial charge on any atom is -0.445 e. The average molecular weight is 215 g/mol. The lowest BCUT2D eigenvalue weighted by Crippen LogP contribution is -2.30. The molecule has 1 aliphatic rings. The van der Waals surface area contributed by atoms with Crippen molar-refractivity contribution in [1.82, 2.24) is 4.98 Å². The maximum Gasteiger partial charge on any atom is 0.225 e. The standard InChI is InChI=1S/C12H13N3O/c1-15-6-4-13-10-3-2-9(8-11(10)15)12-14-5-7-16-12/h2-3,5,7-8,13H,4,6H2,1H3.